The van der Waals surface area contributed by atoms with Crippen LogP contribution in [0.25, 0.3) is 0 Å². The number of piperidine rings is 1. The first-order chi connectivity index (χ1) is 11.5. The molecule has 1 heterocycles. The van der Waals surface area contributed by atoms with Gasteiger partial charge >= 0.3 is 6.03 Å². The zero-order valence-electron chi connectivity index (χ0n) is 15.0. The highest BCUT2D eigenvalue weighted by molar-refractivity contribution is 5.89. The lowest BCUT2D eigenvalue weighted by Gasteiger charge is -2.33. The van der Waals surface area contributed by atoms with Crippen molar-refractivity contribution in [3.8, 4) is 5.75 Å². The molecule has 2 N–H and O–H groups in total. The van der Waals surface area contributed by atoms with Crippen LogP contribution in [0.2, 0.25) is 0 Å². The van der Waals surface area contributed by atoms with Crippen molar-refractivity contribution in [1.82, 2.24) is 4.90 Å². The summed E-state index contributed by atoms with van der Waals surface area (Å²) >= 11 is 0. The number of amides is 2. The van der Waals surface area contributed by atoms with E-state index in [-0.39, 0.29) is 12.1 Å². The summed E-state index contributed by atoms with van der Waals surface area (Å²) in [4.78, 5) is 14.1. The van der Waals surface area contributed by atoms with E-state index in [1.54, 1.807) is 0 Å². The van der Waals surface area contributed by atoms with Crippen molar-refractivity contribution in [3.63, 3.8) is 0 Å². The average Bonchev–Trinajstić information content (AvgIpc) is 2.56. The lowest BCUT2D eigenvalue weighted by atomic mass is 9.92. The molecule has 1 saturated heterocycles. The number of hydrogen-bond acceptors (Lipinski definition) is 3. The molecule has 1 aromatic rings. The van der Waals surface area contributed by atoms with Crippen molar-refractivity contribution in [1.29, 1.82) is 0 Å². The summed E-state index contributed by atoms with van der Waals surface area (Å²) in [5, 5.41) is 12.6. The molecule has 1 fully saturated rings. The van der Waals surface area contributed by atoms with E-state index in [4.69, 9.17) is 4.74 Å². The summed E-state index contributed by atoms with van der Waals surface area (Å²) in [7, 11) is 0. The number of hydrogen-bond donors (Lipinski definition) is 2. The predicted octanol–water partition coefficient (Wildman–Crippen LogP) is 3.74. The number of urea groups is 1. The van der Waals surface area contributed by atoms with Crippen molar-refractivity contribution in [2.24, 2.45) is 11.8 Å². The molecule has 24 heavy (non-hydrogen) atoms. The Hall–Kier alpha value is -1.75. The molecule has 0 spiro atoms. The number of aliphatic hydroxyl groups is 1. The number of rotatable bonds is 6. The number of carbonyl (C=O) groups excluding carboxylic acids is 1. The Bertz CT molecular complexity index is 506. The topological polar surface area (TPSA) is 61.8 Å². The maximum atomic E-state index is 12.3. The molecule has 1 aliphatic rings. The van der Waals surface area contributed by atoms with Crippen molar-refractivity contribution in [2.75, 3.05) is 25.0 Å². The summed E-state index contributed by atoms with van der Waals surface area (Å²) in [6, 6.07) is 7.43. The Morgan fingerprint density at radius 1 is 1.25 bits per heavy atom. The first kappa shape index (κ1) is 18.6. The summed E-state index contributed by atoms with van der Waals surface area (Å²) < 4.78 is 5.68. The van der Waals surface area contributed by atoms with Gasteiger partial charge in [-0.2, -0.15) is 0 Å². The van der Waals surface area contributed by atoms with Crippen LogP contribution in [0.4, 0.5) is 10.5 Å². The smallest absolute Gasteiger partial charge is 0.321 e. The molecule has 0 aliphatic carbocycles. The van der Waals surface area contributed by atoms with Crippen LogP contribution in [0.1, 0.15) is 40.0 Å². The minimum atomic E-state index is -0.293. The summed E-state index contributed by atoms with van der Waals surface area (Å²) in [5.41, 5.74) is 0.772. The molecule has 2 rings (SSSR count). The van der Waals surface area contributed by atoms with Crippen LogP contribution < -0.4 is 10.1 Å². The van der Waals surface area contributed by atoms with Gasteiger partial charge in [0.15, 0.2) is 0 Å². The van der Waals surface area contributed by atoms with Gasteiger partial charge in [-0.25, -0.2) is 4.79 Å². The molecule has 2 amide bonds. The van der Waals surface area contributed by atoms with Gasteiger partial charge in [-0.15, -0.1) is 0 Å². The number of aliphatic hydroxyl groups excluding tert-OH is 1. The van der Waals surface area contributed by atoms with Gasteiger partial charge in [0.2, 0.25) is 0 Å². The van der Waals surface area contributed by atoms with Gasteiger partial charge in [0.25, 0.3) is 0 Å². The van der Waals surface area contributed by atoms with Gasteiger partial charge in [0, 0.05) is 18.8 Å². The molecule has 1 aromatic carbocycles. The van der Waals surface area contributed by atoms with Gasteiger partial charge in [-0.1, -0.05) is 13.8 Å². The lowest BCUT2D eigenvalue weighted by molar-refractivity contribution is 0.0820. The van der Waals surface area contributed by atoms with Crippen molar-refractivity contribution in [3.05, 3.63) is 24.3 Å². The largest absolute Gasteiger partial charge is 0.494 e. The lowest BCUT2D eigenvalue weighted by Crippen LogP contribution is -2.42. The molecule has 5 heteroatoms. The maximum Gasteiger partial charge on any atom is 0.321 e. The monoisotopic (exact) mass is 334 g/mol. The second kappa shape index (κ2) is 8.92. The molecule has 0 radical (unpaired) electrons. The Morgan fingerprint density at radius 2 is 1.88 bits per heavy atom. The van der Waals surface area contributed by atoms with E-state index < -0.39 is 0 Å². The predicted molar refractivity (Wildman–Crippen MR) is 96.4 cm³/mol. The van der Waals surface area contributed by atoms with E-state index >= 15 is 0 Å². The Morgan fingerprint density at radius 3 is 2.42 bits per heavy atom. The number of nitrogens with zero attached hydrogens (tertiary/aromatic N) is 1. The molecule has 1 unspecified atom stereocenters. The van der Waals surface area contributed by atoms with Crippen molar-refractivity contribution < 1.29 is 14.6 Å². The third-order valence-corrected chi connectivity index (χ3v) is 4.58. The number of carbonyl (C=O) groups is 1. The van der Waals surface area contributed by atoms with Crippen molar-refractivity contribution in [2.45, 2.75) is 46.1 Å². The molecule has 5 nitrogen and oxygen atoms in total. The summed E-state index contributed by atoms with van der Waals surface area (Å²) in [6.07, 6.45) is 2.45. The van der Waals surface area contributed by atoms with Crippen LogP contribution >= 0.6 is 0 Å². The molecule has 0 aromatic heterocycles. The number of anilines is 1. The fourth-order valence-electron chi connectivity index (χ4n) is 2.83. The molecule has 134 valence electrons. The minimum Gasteiger partial charge on any atom is -0.494 e. The van der Waals surface area contributed by atoms with Gasteiger partial charge in [0.1, 0.15) is 5.75 Å². The van der Waals surface area contributed by atoms with Gasteiger partial charge in [-0.3, -0.25) is 0 Å². The Labute approximate surface area is 145 Å². The molecule has 1 atom stereocenters. The molecular weight excluding hydrogens is 304 g/mol. The Balaban J connectivity index is 1.78. The summed E-state index contributed by atoms with van der Waals surface area (Å²) in [5.74, 6) is 1.75. The highest BCUT2D eigenvalue weighted by atomic mass is 16.5. The molecule has 0 saturated carbocycles. The fraction of sp³-hybridized carbons (Fsp3) is 0.632. The van der Waals surface area contributed by atoms with Gasteiger partial charge < -0.3 is 20.1 Å². The van der Waals surface area contributed by atoms with Crippen LogP contribution in [0.15, 0.2) is 24.3 Å². The second-order valence-electron chi connectivity index (χ2n) is 7.05. The highest BCUT2D eigenvalue weighted by Gasteiger charge is 2.25. The maximum absolute atomic E-state index is 12.3. The SMILES string of the molecule is CC(C)CCOc1ccc(NC(=O)N2CCC(C(C)O)CC2)cc1. The van der Waals surface area contributed by atoms with E-state index in [0.29, 0.717) is 31.5 Å². The van der Waals surface area contributed by atoms with Gasteiger partial charge in [0.05, 0.1) is 12.7 Å². The van der Waals surface area contributed by atoms with E-state index in [1.165, 1.54) is 0 Å². The van der Waals surface area contributed by atoms with Gasteiger partial charge in [-0.05, 0) is 62.3 Å². The zero-order chi connectivity index (χ0) is 17.5. The number of ether oxygens (including phenoxy) is 1. The highest BCUT2D eigenvalue weighted by Crippen LogP contribution is 2.22. The van der Waals surface area contributed by atoms with Crippen LogP contribution in [-0.2, 0) is 0 Å². The van der Waals surface area contributed by atoms with Crippen LogP contribution in [0.3, 0.4) is 0 Å². The quantitative estimate of drug-likeness (QED) is 0.833. The molecule has 1 aliphatic heterocycles. The van der Waals surface area contributed by atoms with E-state index in [0.717, 1.165) is 30.7 Å². The second-order valence-corrected chi connectivity index (χ2v) is 7.05. The fourth-order valence-corrected chi connectivity index (χ4v) is 2.83. The van der Waals surface area contributed by atoms with Crippen LogP contribution in [0, 0.1) is 11.8 Å². The average molecular weight is 334 g/mol. The third kappa shape index (κ3) is 5.71. The minimum absolute atomic E-state index is 0.0764. The number of benzene rings is 1. The normalized spacial score (nSPS) is 17.0. The van der Waals surface area contributed by atoms with E-state index in [1.807, 2.05) is 36.1 Å². The number of likely N-dealkylation sites (tertiary alicyclic amines) is 1. The molecule has 0 bridgehead atoms. The zero-order valence-corrected chi connectivity index (χ0v) is 15.0. The van der Waals surface area contributed by atoms with E-state index in [9.17, 15) is 9.90 Å². The summed E-state index contributed by atoms with van der Waals surface area (Å²) in [6.45, 7) is 8.26. The van der Waals surface area contributed by atoms with Crippen LogP contribution in [-0.4, -0.2) is 41.8 Å². The van der Waals surface area contributed by atoms with E-state index in [2.05, 4.69) is 19.2 Å². The van der Waals surface area contributed by atoms with Crippen molar-refractivity contribution >= 4 is 11.7 Å². The van der Waals surface area contributed by atoms with Crippen LogP contribution in [0.5, 0.6) is 5.75 Å². The Kier molecular flexibility index (Phi) is 6.91. The first-order valence-electron chi connectivity index (χ1n) is 8.92. The third-order valence-electron chi connectivity index (χ3n) is 4.58. The molecular formula is C19H30N2O3. The first-order valence-corrected chi connectivity index (χ1v) is 8.92. The standard InChI is InChI=1S/C19H30N2O3/c1-14(2)10-13-24-18-6-4-17(5-7-18)20-19(23)21-11-8-16(9-12-21)15(3)22/h4-7,14-16,22H,8-13H2,1-3H3,(H,20,23). The number of nitrogens with one attached hydrogen (secondary N) is 1.